The highest BCUT2D eigenvalue weighted by Gasteiger charge is 2.18. The summed E-state index contributed by atoms with van der Waals surface area (Å²) in [6.07, 6.45) is 1.09. The van der Waals surface area contributed by atoms with Gasteiger partial charge in [-0.25, -0.2) is 9.78 Å². The topological polar surface area (TPSA) is 87.5 Å². The minimum Gasteiger partial charge on any atom is -0.477 e. The second-order valence-corrected chi connectivity index (χ2v) is 5.75. The monoisotopic (exact) mass is 387 g/mol. The van der Waals surface area contributed by atoms with Crippen LogP contribution in [0.2, 0.25) is 0 Å². The van der Waals surface area contributed by atoms with Gasteiger partial charge >= 0.3 is 5.97 Å². The van der Waals surface area contributed by atoms with Gasteiger partial charge in [0.25, 0.3) is 5.56 Å². The van der Waals surface area contributed by atoms with E-state index < -0.39 is 11.5 Å². The highest BCUT2D eigenvalue weighted by Crippen LogP contribution is 2.29. The molecule has 0 spiro atoms. The zero-order chi connectivity index (χ0) is 13.6. The van der Waals surface area contributed by atoms with E-state index in [0.717, 1.165) is 20.3 Å². The number of H-pyrrole nitrogens is 1. The molecule has 0 fully saturated rings. The molecule has 0 saturated carbocycles. The molecule has 19 heavy (non-hydrogen) atoms. The lowest BCUT2D eigenvalue weighted by molar-refractivity contribution is 0.0694. The minimum atomic E-state index is -1.28. The van der Waals surface area contributed by atoms with Gasteiger partial charge in [0.2, 0.25) is 0 Å². The van der Waals surface area contributed by atoms with Crippen LogP contribution in [0.25, 0.3) is 16.2 Å². The average Bonchev–Trinajstić information content (AvgIpc) is 2.98. The van der Waals surface area contributed by atoms with E-state index in [1.54, 1.807) is 0 Å². The summed E-state index contributed by atoms with van der Waals surface area (Å²) in [5.41, 5.74) is 0.229. The molecule has 3 heterocycles. The van der Waals surface area contributed by atoms with Gasteiger partial charge in [0.1, 0.15) is 5.56 Å². The summed E-state index contributed by atoms with van der Waals surface area (Å²) in [6.45, 7) is 0. The van der Waals surface area contributed by atoms with Crippen molar-refractivity contribution in [2.45, 2.75) is 0 Å². The number of hydrogen-bond donors (Lipinski definition) is 2. The Morgan fingerprint density at radius 2 is 2.32 bits per heavy atom. The molecule has 0 aliphatic carbocycles. The molecule has 3 aromatic heterocycles. The zero-order valence-corrected chi connectivity index (χ0v) is 12.2. The summed E-state index contributed by atoms with van der Waals surface area (Å²) in [5, 5.41) is 13.8. The molecule has 2 N–H and O–H groups in total. The number of hydrogen-bond acceptors (Lipinski definition) is 4. The van der Waals surface area contributed by atoms with Crippen LogP contribution in [-0.4, -0.2) is 25.7 Å². The van der Waals surface area contributed by atoms with Crippen molar-refractivity contribution in [3.63, 3.8) is 0 Å². The number of carbonyl (C=O) groups is 1. The Kier molecular flexibility index (Phi) is 2.90. The second-order valence-electron chi connectivity index (χ2n) is 3.72. The molecule has 0 aliphatic rings. The smallest absolute Gasteiger partial charge is 0.343 e. The molecule has 6 nitrogen and oxygen atoms in total. The number of thiophene rings is 1. The molecule has 0 atom stereocenters. The third-order valence-electron chi connectivity index (χ3n) is 2.60. The van der Waals surface area contributed by atoms with Gasteiger partial charge in [-0.05, 0) is 34.0 Å². The summed E-state index contributed by atoms with van der Waals surface area (Å²) in [5.74, 6) is -1.28. The number of aromatic nitrogens is 3. The Morgan fingerprint density at radius 1 is 1.53 bits per heavy atom. The van der Waals surface area contributed by atoms with Gasteiger partial charge in [0.15, 0.2) is 5.65 Å². The van der Waals surface area contributed by atoms with E-state index in [9.17, 15) is 9.59 Å². The van der Waals surface area contributed by atoms with E-state index >= 15 is 0 Å². The van der Waals surface area contributed by atoms with E-state index in [1.807, 2.05) is 17.5 Å². The molecule has 0 aromatic carbocycles. The van der Waals surface area contributed by atoms with Crippen LogP contribution in [0.15, 0.2) is 28.5 Å². The summed E-state index contributed by atoms with van der Waals surface area (Å²) < 4.78 is 1.95. The fraction of sp³-hybridized carbons (Fsp3) is 0. The second kappa shape index (κ2) is 4.46. The number of carboxylic acid groups (broad SMARTS) is 1. The van der Waals surface area contributed by atoms with E-state index in [-0.39, 0.29) is 5.56 Å². The predicted molar refractivity (Wildman–Crippen MR) is 78.8 cm³/mol. The lowest BCUT2D eigenvalue weighted by Gasteiger charge is -1.94. The van der Waals surface area contributed by atoms with Crippen LogP contribution in [0.5, 0.6) is 0 Å². The summed E-state index contributed by atoms with van der Waals surface area (Å²) >= 11 is 3.61. The number of carboxylic acids is 1. The fourth-order valence-electron chi connectivity index (χ4n) is 1.72. The predicted octanol–water partition coefficient (Wildman–Crippen LogP) is 2.05. The molecule has 0 bridgehead atoms. The van der Waals surface area contributed by atoms with Gasteiger partial charge < -0.3 is 5.11 Å². The molecule has 0 radical (unpaired) electrons. The number of halogens is 1. The third-order valence-corrected chi connectivity index (χ3v) is 4.51. The van der Waals surface area contributed by atoms with Gasteiger partial charge in [-0.15, -0.1) is 11.3 Å². The summed E-state index contributed by atoms with van der Waals surface area (Å²) in [7, 11) is 0. The Hall–Kier alpha value is -1.68. The molecule has 0 saturated heterocycles. The van der Waals surface area contributed by atoms with Crippen LogP contribution in [0, 0.1) is 3.57 Å². The molecule has 0 amide bonds. The van der Waals surface area contributed by atoms with Crippen molar-refractivity contribution >= 4 is 45.5 Å². The van der Waals surface area contributed by atoms with Gasteiger partial charge in [-0.2, -0.15) is 4.52 Å². The van der Waals surface area contributed by atoms with Crippen LogP contribution >= 0.6 is 33.9 Å². The number of nitrogens with one attached hydrogen (secondary N) is 1. The van der Waals surface area contributed by atoms with Gasteiger partial charge in [-0.1, -0.05) is 6.07 Å². The molecule has 0 unspecified atom stereocenters. The number of rotatable bonds is 2. The van der Waals surface area contributed by atoms with Gasteiger partial charge in [0.05, 0.1) is 14.1 Å². The van der Waals surface area contributed by atoms with Crippen molar-refractivity contribution in [3.05, 3.63) is 43.2 Å². The third kappa shape index (κ3) is 1.87. The van der Waals surface area contributed by atoms with Crippen LogP contribution in [0.1, 0.15) is 10.4 Å². The summed E-state index contributed by atoms with van der Waals surface area (Å²) in [6, 6.07) is 3.82. The molecule has 96 valence electrons. The van der Waals surface area contributed by atoms with Crippen LogP contribution < -0.4 is 5.56 Å². The first-order valence-corrected chi connectivity index (χ1v) is 7.12. The fourth-order valence-corrected chi connectivity index (χ4v) is 3.42. The van der Waals surface area contributed by atoms with Crippen molar-refractivity contribution in [2.75, 3.05) is 0 Å². The first kappa shape index (κ1) is 12.4. The highest BCUT2D eigenvalue weighted by atomic mass is 127. The van der Waals surface area contributed by atoms with Crippen molar-refractivity contribution in [1.29, 1.82) is 0 Å². The van der Waals surface area contributed by atoms with Crippen LogP contribution in [-0.2, 0) is 0 Å². The van der Waals surface area contributed by atoms with Crippen molar-refractivity contribution in [2.24, 2.45) is 0 Å². The van der Waals surface area contributed by atoms with E-state index in [4.69, 9.17) is 5.11 Å². The Bertz CT molecular complexity index is 835. The zero-order valence-electron chi connectivity index (χ0n) is 9.25. The SMILES string of the molecule is O=C(O)c1cnc2c(I)c(-c3cccs3)[nH]n2c1=O. The van der Waals surface area contributed by atoms with Crippen molar-refractivity contribution in [3.8, 4) is 10.6 Å². The Labute approximate surface area is 123 Å². The standard InChI is InChI=1S/C11H6IN3O3S/c12-7-8(6-2-1-3-19-6)14-15-9(7)13-4-5(10(15)16)11(17)18/h1-4,14H,(H,17,18). The van der Waals surface area contributed by atoms with Gasteiger partial charge in [-0.3, -0.25) is 9.89 Å². The number of fused-ring (bicyclic) bond motifs is 1. The first-order chi connectivity index (χ1) is 9.09. The molecule has 3 rings (SSSR count). The Morgan fingerprint density at radius 3 is 2.95 bits per heavy atom. The maximum atomic E-state index is 12.0. The van der Waals surface area contributed by atoms with Crippen LogP contribution in [0.4, 0.5) is 0 Å². The van der Waals surface area contributed by atoms with Crippen LogP contribution in [0.3, 0.4) is 0 Å². The highest BCUT2D eigenvalue weighted by molar-refractivity contribution is 14.1. The van der Waals surface area contributed by atoms with Crippen molar-refractivity contribution in [1.82, 2.24) is 14.6 Å². The minimum absolute atomic E-state index is 0.354. The van der Waals surface area contributed by atoms with Gasteiger partial charge in [0, 0.05) is 6.20 Å². The average molecular weight is 387 g/mol. The number of aromatic carboxylic acids is 1. The molecule has 0 aliphatic heterocycles. The number of aromatic amines is 1. The van der Waals surface area contributed by atoms with Crippen molar-refractivity contribution < 1.29 is 9.90 Å². The largest absolute Gasteiger partial charge is 0.477 e. The normalized spacial score (nSPS) is 11.0. The maximum absolute atomic E-state index is 12.0. The Balaban J connectivity index is 2.36. The number of nitrogens with zero attached hydrogens (tertiary/aromatic N) is 2. The van der Waals surface area contributed by atoms with E-state index in [2.05, 4.69) is 32.7 Å². The van der Waals surface area contributed by atoms with E-state index in [0.29, 0.717) is 5.65 Å². The molecular formula is C11H6IN3O3S. The quantitative estimate of drug-likeness (QED) is 0.659. The molecule has 8 heteroatoms. The summed E-state index contributed by atoms with van der Waals surface area (Å²) in [4.78, 5) is 27.9. The van der Waals surface area contributed by atoms with E-state index in [1.165, 1.54) is 15.9 Å². The molecule has 3 aromatic rings. The lowest BCUT2D eigenvalue weighted by atomic mass is 10.3. The first-order valence-electron chi connectivity index (χ1n) is 5.16. The lowest BCUT2D eigenvalue weighted by Crippen LogP contribution is -2.23. The maximum Gasteiger partial charge on any atom is 0.343 e. The molecular weight excluding hydrogens is 381 g/mol.